The molecule has 0 saturated carbocycles. The maximum atomic E-state index is 13.4. The van der Waals surface area contributed by atoms with E-state index in [-0.39, 0.29) is 11.8 Å². The van der Waals surface area contributed by atoms with E-state index in [0.29, 0.717) is 6.54 Å². The molecule has 4 nitrogen and oxygen atoms in total. The number of aromatic nitrogens is 2. The second kappa shape index (κ2) is 6.53. The van der Waals surface area contributed by atoms with Crippen LogP contribution in [0.15, 0.2) is 6.20 Å². The van der Waals surface area contributed by atoms with Gasteiger partial charge in [-0.2, -0.15) is 18.2 Å². The molecule has 0 aliphatic heterocycles. The van der Waals surface area contributed by atoms with E-state index < -0.39 is 24.5 Å². The molecule has 0 saturated heterocycles. The summed E-state index contributed by atoms with van der Waals surface area (Å²) in [4.78, 5) is 7.50. The summed E-state index contributed by atoms with van der Waals surface area (Å²) < 4.78 is 49.9. The molecule has 1 aromatic heterocycles. The molecular weight excluding hydrogens is 264 g/mol. The molecule has 108 valence electrons. The Hall–Kier alpha value is -1.60. The molecule has 2 N–H and O–H groups in total. The maximum absolute atomic E-state index is 13.4. The van der Waals surface area contributed by atoms with E-state index in [1.54, 1.807) is 0 Å². The first-order chi connectivity index (χ1) is 8.81. The Balaban J connectivity index is 2.70. The van der Waals surface area contributed by atoms with Crippen molar-refractivity contribution in [3.05, 3.63) is 12.0 Å². The van der Waals surface area contributed by atoms with Gasteiger partial charge in [0.2, 0.25) is 5.95 Å². The average Bonchev–Trinajstić information content (AvgIpc) is 2.27. The molecular formula is C11H16F4N4. The summed E-state index contributed by atoms with van der Waals surface area (Å²) in [7, 11) is 0. The molecule has 1 unspecified atom stereocenters. The average molecular weight is 280 g/mol. The van der Waals surface area contributed by atoms with Crippen molar-refractivity contribution < 1.29 is 17.6 Å². The highest BCUT2D eigenvalue weighted by Crippen LogP contribution is 2.23. The number of nitrogens with one attached hydrogen (secondary N) is 2. The zero-order valence-corrected chi connectivity index (χ0v) is 10.7. The molecule has 19 heavy (non-hydrogen) atoms. The van der Waals surface area contributed by atoms with Crippen LogP contribution in [0.4, 0.5) is 29.3 Å². The van der Waals surface area contributed by atoms with Gasteiger partial charge in [-0.05, 0) is 13.3 Å². The quantitative estimate of drug-likeness (QED) is 0.786. The molecule has 0 spiro atoms. The Bertz CT molecular complexity index is 408. The van der Waals surface area contributed by atoms with Crippen LogP contribution in [0.3, 0.4) is 0 Å². The van der Waals surface area contributed by atoms with Crippen LogP contribution in [0.2, 0.25) is 0 Å². The molecule has 0 aliphatic rings. The van der Waals surface area contributed by atoms with Crippen molar-refractivity contribution >= 4 is 11.8 Å². The van der Waals surface area contributed by atoms with Gasteiger partial charge in [-0.1, -0.05) is 6.92 Å². The summed E-state index contributed by atoms with van der Waals surface area (Å²) in [6, 6.07) is -0.969. The highest BCUT2D eigenvalue weighted by Gasteiger charge is 2.30. The Labute approximate surface area is 108 Å². The third-order valence-electron chi connectivity index (χ3n) is 2.20. The first-order valence-electron chi connectivity index (χ1n) is 5.91. The van der Waals surface area contributed by atoms with Gasteiger partial charge in [-0.15, -0.1) is 0 Å². The number of rotatable bonds is 6. The topological polar surface area (TPSA) is 49.8 Å². The van der Waals surface area contributed by atoms with Gasteiger partial charge >= 0.3 is 6.18 Å². The lowest BCUT2D eigenvalue weighted by atomic mass is 10.2. The van der Waals surface area contributed by atoms with Gasteiger partial charge in [0.25, 0.3) is 0 Å². The van der Waals surface area contributed by atoms with Gasteiger partial charge in [-0.3, -0.25) is 0 Å². The van der Waals surface area contributed by atoms with Crippen LogP contribution in [0.25, 0.3) is 0 Å². The Kier molecular flexibility index (Phi) is 5.31. The zero-order valence-electron chi connectivity index (χ0n) is 10.7. The van der Waals surface area contributed by atoms with Crippen LogP contribution in [0.5, 0.6) is 0 Å². The van der Waals surface area contributed by atoms with E-state index in [0.717, 1.165) is 12.6 Å². The van der Waals surface area contributed by atoms with Gasteiger partial charge in [0.15, 0.2) is 11.6 Å². The van der Waals surface area contributed by atoms with Crippen molar-refractivity contribution in [2.45, 2.75) is 38.9 Å². The standard InChI is InChI=1S/C11H16F4N4/c1-3-4-16-10-17-6-8(12)9(19-10)18-7(2)5-11(13,14)15/h6-7H,3-5H2,1-2H3,(H2,16,17,18,19). The van der Waals surface area contributed by atoms with E-state index in [1.165, 1.54) is 6.92 Å². The second-order valence-corrected chi connectivity index (χ2v) is 4.18. The highest BCUT2D eigenvalue weighted by atomic mass is 19.4. The smallest absolute Gasteiger partial charge is 0.365 e. The van der Waals surface area contributed by atoms with Crippen molar-refractivity contribution in [1.29, 1.82) is 0 Å². The summed E-state index contributed by atoms with van der Waals surface area (Å²) in [6.45, 7) is 3.85. The van der Waals surface area contributed by atoms with E-state index >= 15 is 0 Å². The van der Waals surface area contributed by atoms with Gasteiger partial charge < -0.3 is 10.6 Å². The van der Waals surface area contributed by atoms with Gasteiger partial charge in [0.05, 0.1) is 12.6 Å². The van der Waals surface area contributed by atoms with Crippen LogP contribution in [-0.2, 0) is 0 Å². The predicted molar refractivity (Wildman–Crippen MR) is 64.5 cm³/mol. The van der Waals surface area contributed by atoms with Gasteiger partial charge in [0.1, 0.15) is 0 Å². The fourth-order valence-electron chi connectivity index (χ4n) is 1.42. The molecule has 1 atom stereocenters. The van der Waals surface area contributed by atoms with Crippen LogP contribution >= 0.6 is 0 Å². The Morgan fingerprint density at radius 1 is 1.37 bits per heavy atom. The number of alkyl halides is 3. The van der Waals surface area contributed by atoms with Crippen LogP contribution in [0, 0.1) is 5.82 Å². The van der Waals surface area contributed by atoms with E-state index in [1.807, 2.05) is 6.92 Å². The van der Waals surface area contributed by atoms with Gasteiger partial charge in [0, 0.05) is 12.6 Å². The van der Waals surface area contributed by atoms with Gasteiger partial charge in [-0.25, -0.2) is 9.37 Å². The molecule has 0 radical (unpaired) electrons. The summed E-state index contributed by atoms with van der Waals surface area (Å²) >= 11 is 0. The fraction of sp³-hybridized carbons (Fsp3) is 0.636. The fourth-order valence-corrected chi connectivity index (χ4v) is 1.42. The number of nitrogens with zero attached hydrogens (tertiary/aromatic N) is 2. The molecule has 1 aromatic rings. The molecule has 8 heteroatoms. The number of anilines is 2. The van der Waals surface area contributed by atoms with E-state index in [9.17, 15) is 17.6 Å². The SMILES string of the molecule is CCCNc1ncc(F)c(NC(C)CC(F)(F)F)n1. The Morgan fingerprint density at radius 3 is 2.63 bits per heavy atom. The number of hydrogen-bond donors (Lipinski definition) is 2. The lowest BCUT2D eigenvalue weighted by molar-refractivity contribution is -0.136. The minimum atomic E-state index is -4.31. The summed E-state index contributed by atoms with van der Waals surface area (Å²) in [5, 5.41) is 5.23. The zero-order chi connectivity index (χ0) is 14.5. The lowest BCUT2D eigenvalue weighted by Crippen LogP contribution is -2.25. The largest absolute Gasteiger partial charge is 0.391 e. The monoisotopic (exact) mass is 280 g/mol. The second-order valence-electron chi connectivity index (χ2n) is 4.18. The van der Waals surface area contributed by atoms with Crippen molar-refractivity contribution in [1.82, 2.24) is 9.97 Å². The van der Waals surface area contributed by atoms with Crippen molar-refractivity contribution in [2.75, 3.05) is 17.2 Å². The lowest BCUT2D eigenvalue weighted by Gasteiger charge is -2.17. The normalized spacial score (nSPS) is 13.2. The molecule has 0 bridgehead atoms. The number of halogens is 4. The molecule has 0 fully saturated rings. The number of hydrogen-bond acceptors (Lipinski definition) is 4. The molecule has 1 heterocycles. The molecule has 0 amide bonds. The molecule has 0 aliphatic carbocycles. The summed E-state index contributed by atoms with van der Waals surface area (Å²) in [5.41, 5.74) is 0. The van der Waals surface area contributed by atoms with Crippen molar-refractivity contribution in [2.24, 2.45) is 0 Å². The third-order valence-corrected chi connectivity index (χ3v) is 2.20. The first-order valence-corrected chi connectivity index (χ1v) is 5.91. The van der Waals surface area contributed by atoms with Crippen LogP contribution in [0.1, 0.15) is 26.7 Å². The molecule has 1 rings (SSSR count). The maximum Gasteiger partial charge on any atom is 0.391 e. The third kappa shape index (κ3) is 5.71. The van der Waals surface area contributed by atoms with Crippen molar-refractivity contribution in [3.8, 4) is 0 Å². The predicted octanol–water partition coefficient (Wildman–Crippen LogP) is 3.19. The molecule has 0 aromatic carbocycles. The Morgan fingerprint density at radius 2 is 2.05 bits per heavy atom. The van der Waals surface area contributed by atoms with Crippen LogP contribution in [-0.4, -0.2) is 28.7 Å². The van der Waals surface area contributed by atoms with Crippen LogP contribution < -0.4 is 10.6 Å². The highest BCUT2D eigenvalue weighted by molar-refractivity contribution is 5.41. The van der Waals surface area contributed by atoms with Crippen molar-refractivity contribution in [3.63, 3.8) is 0 Å². The first kappa shape index (κ1) is 15.5. The van der Waals surface area contributed by atoms with E-state index in [4.69, 9.17) is 0 Å². The van der Waals surface area contributed by atoms with E-state index in [2.05, 4.69) is 20.6 Å². The summed E-state index contributed by atoms with van der Waals surface area (Å²) in [6.07, 6.45) is -3.62. The summed E-state index contributed by atoms with van der Waals surface area (Å²) in [5.74, 6) is -0.827. The minimum absolute atomic E-state index is 0.185. The minimum Gasteiger partial charge on any atom is -0.365 e.